The molecule has 0 fully saturated rings. The van der Waals surface area contributed by atoms with Gasteiger partial charge in [0.05, 0.1) is 6.42 Å². The molecule has 3 aromatic rings. The molecule has 0 amide bonds. The Balaban J connectivity index is 1.97. The minimum absolute atomic E-state index is 0.0511. The summed E-state index contributed by atoms with van der Waals surface area (Å²) in [6, 6.07) is 11.9. The number of benzene rings is 2. The van der Waals surface area contributed by atoms with Gasteiger partial charge in [-0.05, 0) is 35.9 Å². The van der Waals surface area contributed by atoms with Gasteiger partial charge in [-0.1, -0.05) is 23.7 Å². The van der Waals surface area contributed by atoms with Gasteiger partial charge in [-0.25, -0.2) is 0 Å². The highest BCUT2D eigenvalue weighted by Crippen LogP contribution is 2.22. The number of aromatic amines is 1. The fourth-order valence-corrected chi connectivity index (χ4v) is 2.53. The summed E-state index contributed by atoms with van der Waals surface area (Å²) >= 11 is 5.82. The maximum Gasteiger partial charge on any atom is 0.307 e. The Hall–Kier alpha value is -2.59. The standard InChI is InChI=1S/C17H12ClNO3/c18-13-4-1-10(2-5-13)17(22)11-3-6-14-12(8-16(20)21)9-19-15(14)7-11/h1-7,9,19H,8H2,(H,20,21). The fraction of sp³-hybridized carbons (Fsp3) is 0.0588. The third kappa shape index (κ3) is 2.73. The van der Waals surface area contributed by atoms with E-state index in [1.54, 1.807) is 48.7 Å². The Morgan fingerprint density at radius 2 is 1.73 bits per heavy atom. The maximum atomic E-state index is 12.4. The van der Waals surface area contributed by atoms with E-state index in [-0.39, 0.29) is 12.2 Å². The summed E-state index contributed by atoms with van der Waals surface area (Å²) in [5.41, 5.74) is 2.55. The largest absolute Gasteiger partial charge is 0.481 e. The lowest BCUT2D eigenvalue weighted by molar-refractivity contribution is -0.136. The highest BCUT2D eigenvalue weighted by atomic mass is 35.5. The molecular weight excluding hydrogens is 302 g/mol. The average Bonchev–Trinajstić information content (AvgIpc) is 2.89. The van der Waals surface area contributed by atoms with Gasteiger partial charge in [-0.15, -0.1) is 0 Å². The molecule has 3 rings (SSSR count). The van der Waals surface area contributed by atoms with Crippen molar-refractivity contribution in [1.82, 2.24) is 4.98 Å². The smallest absolute Gasteiger partial charge is 0.307 e. The highest BCUT2D eigenvalue weighted by Gasteiger charge is 2.12. The van der Waals surface area contributed by atoms with E-state index < -0.39 is 5.97 Å². The van der Waals surface area contributed by atoms with Crippen LogP contribution in [0.4, 0.5) is 0 Å². The van der Waals surface area contributed by atoms with Gasteiger partial charge in [0, 0.05) is 33.2 Å². The van der Waals surface area contributed by atoms with E-state index in [0.717, 1.165) is 10.9 Å². The minimum Gasteiger partial charge on any atom is -0.481 e. The van der Waals surface area contributed by atoms with Crippen LogP contribution in [0.3, 0.4) is 0 Å². The van der Waals surface area contributed by atoms with Crippen LogP contribution in [0.15, 0.2) is 48.7 Å². The molecule has 2 aromatic carbocycles. The van der Waals surface area contributed by atoms with E-state index in [1.807, 2.05) is 0 Å². The van der Waals surface area contributed by atoms with Gasteiger partial charge >= 0.3 is 5.97 Å². The van der Waals surface area contributed by atoms with Crippen LogP contribution < -0.4 is 0 Å². The van der Waals surface area contributed by atoms with Gasteiger partial charge in [0.1, 0.15) is 0 Å². The molecule has 0 spiro atoms. The van der Waals surface area contributed by atoms with Crippen molar-refractivity contribution >= 4 is 34.3 Å². The maximum absolute atomic E-state index is 12.4. The van der Waals surface area contributed by atoms with Gasteiger partial charge in [-0.2, -0.15) is 0 Å². The number of carboxylic acid groups (broad SMARTS) is 1. The Morgan fingerprint density at radius 3 is 2.41 bits per heavy atom. The molecule has 1 heterocycles. The molecule has 0 saturated heterocycles. The summed E-state index contributed by atoms with van der Waals surface area (Å²) < 4.78 is 0. The van der Waals surface area contributed by atoms with Gasteiger partial charge in [0.15, 0.2) is 5.78 Å². The summed E-state index contributed by atoms with van der Waals surface area (Å²) in [6.45, 7) is 0. The second-order valence-electron chi connectivity index (χ2n) is 4.98. The van der Waals surface area contributed by atoms with Crippen LogP contribution in [0.25, 0.3) is 10.9 Å². The molecule has 2 N–H and O–H groups in total. The van der Waals surface area contributed by atoms with Crippen molar-refractivity contribution in [3.05, 3.63) is 70.4 Å². The molecule has 1 aromatic heterocycles. The number of halogens is 1. The summed E-state index contributed by atoms with van der Waals surface area (Å²) in [6.07, 6.45) is 1.61. The van der Waals surface area contributed by atoms with E-state index >= 15 is 0 Å². The summed E-state index contributed by atoms with van der Waals surface area (Å²) in [7, 11) is 0. The fourth-order valence-electron chi connectivity index (χ4n) is 2.40. The normalized spacial score (nSPS) is 10.8. The monoisotopic (exact) mass is 313 g/mol. The second kappa shape index (κ2) is 5.66. The third-order valence-corrected chi connectivity index (χ3v) is 3.73. The van der Waals surface area contributed by atoms with Crippen LogP contribution in [0.1, 0.15) is 21.5 Å². The zero-order chi connectivity index (χ0) is 15.7. The molecule has 5 heteroatoms. The Labute approximate surface area is 131 Å². The number of aromatic nitrogens is 1. The zero-order valence-electron chi connectivity index (χ0n) is 11.5. The number of H-pyrrole nitrogens is 1. The second-order valence-corrected chi connectivity index (χ2v) is 5.42. The first-order chi connectivity index (χ1) is 10.5. The van der Waals surface area contributed by atoms with Gasteiger partial charge < -0.3 is 10.1 Å². The highest BCUT2D eigenvalue weighted by molar-refractivity contribution is 6.30. The predicted molar refractivity (Wildman–Crippen MR) is 84.5 cm³/mol. The molecule has 22 heavy (non-hydrogen) atoms. The van der Waals surface area contributed by atoms with Crippen molar-refractivity contribution in [3.63, 3.8) is 0 Å². The predicted octanol–water partition coefficient (Wildman–Crippen LogP) is 3.68. The van der Waals surface area contributed by atoms with Crippen molar-refractivity contribution in [3.8, 4) is 0 Å². The van der Waals surface area contributed by atoms with E-state index in [9.17, 15) is 9.59 Å². The number of nitrogens with one attached hydrogen (secondary N) is 1. The number of hydrogen-bond donors (Lipinski definition) is 2. The first-order valence-electron chi connectivity index (χ1n) is 6.66. The van der Waals surface area contributed by atoms with Crippen LogP contribution >= 0.6 is 11.6 Å². The molecule has 4 nitrogen and oxygen atoms in total. The number of rotatable bonds is 4. The Morgan fingerprint density at radius 1 is 1.05 bits per heavy atom. The average molecular weight is 314 g/mol. The van der Waals surface area contributed by atoms with Crippen LogP contribution in [-0.2, 0) is 11.2 Å². The molecule has 0 atom stereocenters. The number of ketones is 1. The lowest BCUT2D eigenvalue weighted by Gasteiger charge is -2.02. The minimum atomic E-state index is -0.887. The topological polar surface area (TPSA) is 70.2 Å². The quantitative estimate of drug-likeness (QED) is 0.722. The van der Waals surface area contributed by atoms with E-state index in [0.29, 0.717) is 21.7 Å². The Kier molecular flexibility index (Phi) is 3.69. The number of aliphatic carboxylic acids is 1. The number of carboxylic acids is 1. The first-order valence-corrected chi connectivity index (χ1v) is 7.04. The van der Waals surface area contributed by atoms with Crippen LogP contribution in [0, 0.1) is 0 Å². The Bertz CT molecular complexity index is 865. The van der Waals surface area contributed by atoms with Crippen LogP contribution in [0.2, 0.25) is 5.02 Å². The molecule has 0 radical (unpaired) electrons. The summed E-state index contributed by atoms with van der Waals surface area (Å²) in [4.78, 5) is 26.3. The summed E-state index contributed by atoms with van der Waals surface area (Å²) in [5.74, 6) is -0.991. The van der Waals surface area contributed by atoms with Crippen LogP contribution in [0.5, 0.6) is 0 Å². The number of carbonyl (C=O) groups excluding carboxylic acids is 1. The van der Waals surface area contributed by atoms with E-state index in [2.05, 4.69) is 4.98 Å². The van der Waals surface area contributed by atoms with Crippen molar-refractivity contribution in [2.45, 2.75) is 6.42 Å². The van der Waals surface area contributed by atoms with Gasteiger partial charge in [0.2, 0.25) is 0 Å². The molecule has 110 valence electrons. The molecule has 0 aliphatic carbocycles. The SMILES string of the molecule is O=C(O)Cc1c[nH]c2cc(C(=O)c3ccc(Cl)cc3)ccc12. The molecule has 0 aliphatic heterocycles. The van der Waals surface area contributed by atoms with Gasteiger partial charge in [-0.3, -0.25) is 9.59 Å². The lowest BCUT2D eigenvalue weighted by Crippen LogP contribution is -2.01. The molecule has 0 bridgehead atoms. The van der Waals surface area contributed by atoms with Gasteiger partial charge in [0.25, 0.3) is 0 Å². The van der Waals surface area contributed by atoms with E-state index in [1.165, 1.54) is 0 Å². The molecule has 0 aliphatic rings. The molecular formula is C17H12ClNO3. The molecule has 0 saturated carbocycles. The van der Waals surface area contributed by atoms with Crippen molar-refractivity contribution in [2.75, 3.05) is 0 Å². The summed E-state index contributed by atoms with van der Waals surface area (Å²) in [5, 5.41) is 10.3. The molecule has 0 unspecified atom stereocenters. The van der Waals surface area contributed by atoms with E-state index in [4.69, 9.17) is 16.7 Å². The van der Waals surface area contributed by atoms with Crippen molar-refractivity contribution < 1.29 is 14.7 Å². The number of fused-ring (bicyclic) bond motifs is 1. The zero-order valence-corrected chi connectivity index (χ0v) is 12.2. The van der Waals surface area contributed by atoms with Crippen molar-refractivity contribution in [2.24, 2.45) is 0 Å². The number of hydrogen-bond acceptors (Lipinski definition) is 2. The first kappa shape index (κ1) is 14.4. The van der Waals surface area contributed by atoms with Crippen LogP contribution in [-0.4, -0.2) is 21.8 Å². The third-order valence-electron chi connectivity index (χ3n) is 3.48. The number of carbonyl (C=O) groups is 2. The van der Waals surface area contributed by atoms with Crippen molar-refractivity contribution in [1.29, 1.82) is 0 Å². The lowest BCUT2D eigenvalue weighted by atomic mass is 10.0.